The number of fused-ring (bicyclic) bond motifs is 1. The van der Waals surface area contributed by atoms with E-state index in [-0.39, 0.29) is 6.54 Å². The van der Waals surface area contributed by atoms with E-state index in [0.717, 1.165) is 20.7 Å². The number of anilines is 1. The maximum absolute atomic E-state index is 10.4. The molecule has 0 atom stereocenters. The Morgan fingerprint density at radius 2 is 2.25 bits per heavy atom. The first-order chi connectivity index (χ1) is 7.59. The van der Waals surface area contributed by atoms with Gasteiger partial charge in [0.2, 0.25) is 0 Å². The highest BCUT2D eigenvalue weighted by molar-refractivity contribution is 7.18. The summed E-state index contributed by atoms with van der Waals surface area (Å²) in [4.78, 5) is 20.6. The van der Waals surface area contributed by atoms with Gasteiger partial charge in [-0.1, -0.05) is 0 Å². The second kappa shape index (κ2) is 4.05. The van der Waals surface area contributed by atoms with E-state index in [1.165, 1.54) is 6.33 Å². The van der Waals surface area contributed by atoms with E-state index < -0.39 is 5.97 Å². The van der Waals surface area contributed by atoms with Crippen molar-refractivity contribution in [2.24, 2.45) is 0 Å². The van der Waals surface area contributed by atoms with Crippen LogP contribution in [-0.4, -0.2) is 22.5 Å². The Kier molecular flexibility index (Phi) is 2.74. The topological polar surface area (TPSA) is 77.9 Å². The number of carboxylic acid groups (broad SMARTS) is 1. The van der Waals surface area contributed by atoms with Crippen LogP contribution in [-0.2, 0) is 4.79 Å². The molecule has 5 nitrogen and oxygen atoms in total. The van der Waals surface area contributed by atoms with Crippen LogP contribution in [0.3, 0.4) is 0 Å². The lowest BCUT2D eigenvalue weighted by Gasteiger charge is -2.07. The lowest BCUT2D eigenvalue weighted by molar-refractivity contribution is -0.302. The fraction of sp³-hybridized carbons (Fsp3) is 0.300. The Hall–Kier alpha value is -1.69. The van der Waals surface area contributed by atoms with Crippen molar-refractivity contribution in [1.29, 1.82) is 0 Å². The molecule has 0 aliphatic heterocycles. The van der Waals surface area contributed by atoms with E-state index in [2.05, 4.69) is 15.3 Å². The molecule has 0 bridgehead atoms. The van der Waals surface area contributed by atoms with Gasteiger partial charge in [0.1, 0.15) is 17.0 Å². The molecule has 2 aromatic rings. The highest BCUT2D eigenvalue weighted by atomic mass is 32.1. The molecule has 0 aliphatic carbocycles. The summed E-state index contributed by atoms with van der Waals surface area (Å²) in [6, 6.07) is 0. The standard InChI is InChI=1S/C10H11N3O2S/c1-5-6(2)16-10-8(5)9(12-4-13-10)11-3-7(14)15/h4H,3H2,1-2H3,(H,14,15)(H,11,12,13)/p-1. The van der Waals surface area contributed by atoms with Gasteiger partial charge in [-0.15, -0.1) is 11.3 Å². The number of rotatable bonds is 3. The molecule has 0 saturated carbocycles. The van der Waals surface area contributed by atoms with Gasteiger partial charge in [-0.2, -0.15) is 0 Å². The van der Waals surface area contributed by atoms with Crippen LogP contribution >= 0.6 is 11.3 Å². The molecular weight excluding hydrogens is 226 g/mol. The number of aliphatic carboxylic acids is 1. The summed E-state index contributed by atoms with van der Waals surface area (Å²) >= 11 is 1.57. The van der Waals surface area contributed by atoms with Gasteiger partial charge in [-0.05, 0) is 19.4 Å². The van der Waals surface area contributed by atoms with Crippen molar-refractivity contribution in [2.45, 2.75) is 13.8 Å². The Morgan fingerprint density at radius 1 is 1.50 bits per heavy atom. The van der Waals surface area contributed by atoms with E-state index in [0.29, 0.717) is 5.82 Å². The lowest BCUT2D eigenvalue weighted by atomic mass is 10.2. The molecule has 1 N–H and O–H groups in total. The predicted octanol–water partition coefficient (Wildman–Crippen LogP) is 0.470. The van der Waals surface area contributed by atoms with Crippen molar-refractivity contribution in [3.63, 3.8) is 0 Å². The van der Waals surface area contributed by atoms with E-state index >= 15 is 0 Å². The molecule has 0 saturated heterocycles. The third-order valence-electron chi connectivity index (χ3n) is 2.37. The maximum Gasteiger partial charge on any atom is 0.138 e. The summed E-state index contributed by atoms with van der Waals surface area (Å²) in [5.41, 5.74) is 1.08. The summed E-state index contributed by atoms with van der Waals surface area (Å²) in [6.07, 6.45) is 1.43. The van der Waals surface area contributed by atoms with Gasteiger partial charge >= 0.3 is 0 Å². The minimum absolute atomic E-state index is 0.250. The first-order valence-electron chi connectivity index (χ1n) is 4.74. The first kappa shape index (κ1) is 10.8. The molecule has 0 amide bonds. The number of nitrogens with one attached hydrogen (secondary N) is 1. The van der Waals surface area contributed by atoms with Crippen LogP contribution in [0.2, 0.25) is 0 Å². The predicted molar refractivity (Wildman–Crippen MR) is 60.4 cm³/mol. The Balaban J connectivity index is 2.48. The number of nitrogens with zero attached hydrogens (tertiary/aromatic N) is 2. The van der Waals surface area contributed by atoms with Crippen LogP contribution in [0.1, 0.15) is 10.4 Å². The molecular formula is C10H10N3O2S-. The van der Waals surface area contributed by atoms with Crippen LogP contribution < -0.4 is 10.4 Å². The molecule has 0 aromatic carbocycles. The molecule has 0 unspecified atom stereocenters. The summed E-state index contributed by atoms with van der Waals surface area (Å²) in [7, 11) is 0. The smallest absolute Gasteiger partial charge is 0.138 e. The lowest BCUT2D eigenvalue weighted by Crippen LogP contribution is -2.30. The number of hydrogen-bond acceptors (Lipinski definition) is 6. The number of hydrogen-bond donors (Lipinski definition) is 1. The van der Waals surface area contributed by atoms with Gasteiger partial charge in [0.15, 0.2) is 0 Å². The fourth-order valence-electron chi connectivity index (χ4n) is 1.47. The minimum Gasteiger partial charge on any atom is -0.548 e. The summed E-state index contributed by atoms with van der Waals surface area (Å²) < 4.78 is 0. The quantitative estimate of drug-likeness (QED) is 0.838. The van der Waals surface area contributed by atoms with Crippen LogP contribution in [0, 0.1) is 13.8 Å². The van der Waals surface area contributed by atoms with Crippen molar-refractivity contribution >= 4 is 33.3 Å². The van der Waals surface area contributed by atoms with Crippen molar-refractivity contribution in [2.75, 3.05) is 11.9 Å². The van der Waals surface area contributed by atoms with Crippen molar-refractivity contribution in [1.82, 2.24) is 9.97 Å². The molecule has 16 heavy (non-hydrogen) atoms. The third-order valence-corrected chi connectivity index (χ3v) is 3.48. The average Bonchev–Trinajstić information content (AvgIpc) is 2.52. The van der Waals surface area contributed by atoms with Crippen molar-refractivity contribution in [3.05, 3.63) is 16.8 Å². The molecule has 2 aromatic heterocycles. The van der Waals surface area contributed by atoms with Crippen LogP contribution in [0.25, 0.3) is 10.2 Å². The number of thiophene rings is 1. The average molecular weight is 236 g/mol. The zero-order valence-corrected chi connectivity index (χ0v) is 9.72. The van der Waals surface area contributed by atoms with Crippen LogP contribution in [0.15, 0.2) is 6.33 Å². The minimum atomic E-state index is -1.16. The molecule has 2 rings (SSSR count). The monoisotopic (exact) mass is 236 g/mol. The largest absolute Gasteiger partial charge is 0.548 e. The zero-order chi connectivity index (χ0) is 11.7. The van der Waals surface area contributed by atoms with Gasteiger partial charge in [0.05, 0.1) is 17.9 Å². The van der Waals surface area contributed by atoms with E-state index in [1.54, 1.807) is 11.3 Å². The molecule has 84 valence electrons. The van der Waals surface area contributed by atoms with E-state index in [4.69, 9.17) is 0 Å². The van der Waals surface area contributed by atoms with Gasteiger partial charge < -0.3 is 15.2 Å². The number of carbonyl (C=O) groups is 1. The van der Waals surface area contributed by atoms with E-state index in [1.807, 2.05) is 13.8 Å². The zero-order valence-electron chi connectivity index (χ0n) is 8.90. The second-order valence-corrected chi connectivity index (χ2v) is 4.61. The molecule has 6 heteroatoms. The number of aryl methyl sites for hydroxylation is 2. The summed E-state index contributed by atoms with van der Waals surface area (Å²) in [5, 5.41) is 14.0. The highest BCUT2D eigenvalue weighted by Crippen LogP contribution is 2.32. The molecule has 0 fully saturated rings. The van der Waals surface area contributed by atoms with Gasteiger partial charge in [0.25, 0.3) is 0 Å². The van der Waals surface area contributed by atoms with Crippen LogP contribution in [0.5, 0.6) is 0 Å². The Labute approximate surface area is 96.2 Å². The molecule has 0 spiro atoms. The number of aromatic nitrogens is 2. The Morgan fingerprint density at radius 3 is 2.94 bits per heavy atom. The third kappa shape index (κ3) is 1.83. The molecule has 0 radical (unpaired) electrons. The fourth-order valence-corrected chi connectivity index (χ4v) is 2.47. The normalized spacial score (nSPS) is 10.6. The number of carbonyl (C=O) groups excluding carboxylic acids is 1. The highest BCUT2D eigenvalue weighted by Gasteiger charge is 2.11. The first-order valence-corrected chi connectivity index (χ1v) is 5.55. The van der Waals surface area contributed by atoms with Crippen molar-refractivity contribution in [3.8, 4) is 0 Å². The van der Waals surface area contributed by atoms with E-state index in [9.17, 15) is 9.90 Å². The Bertz CT molecular complexity index is 550. The molecule has 0 aliphatic rings. The maximum atomic E-state index is 10.4. The van der Waals surface area contributed by atoms with Crippen LogP contribution in [0.4, 0.5) is 5.82 Å². The molecule has 2 heterocycles. The SMILES string of the molecule is Cc1sc2ncnc(NCC(=O)[O-])c2c1C. The van der Waals surface area contributed by atoms with Crippen molar-refractivity contribution < 1.29 is 9.90 Å². The van der Waals surface area contributed by atoms with Gasteiger partial charge in [-0.25, -0.2) is 9.97 Å². The summed E-state index contributed by atoms with van der Waals surface area (Å²) in [6.45, 7) is 3.73. The number of carboxylic acids is 1. The summed E-state index contributed by atoms with van der Waals surface area (Å²) in [5.74, 6) is -0.604. The van der Waals surface area contributed by atoms with Gasteiger partial charge in [0, 0.05) is 4.88 Å². The second-order valence-electron chi connectivity index (χ2n) is 3.41. The van der Waals surface area contributed by atoms with Gasteiger partial charge in [-0.3, -0.25) is 0 Å².